The summed E-state index contributed by atoms with van der Waals surface area (Å²) in [4.78, 5) is 0. The Morgan fingerprint density at radius 3 is 2.40 bits per heavy atom. The van der Waals surface area contributed by atoms with Gasteiger partial charge < -0.3 is 4.43 Å². The number of hydrogen-bond donors (Lipinski definition) is 0. The molecule has 0 aromatic heterocycles. The average molecular weight is 499 g/mol. The van der Waals surface area contributed by atoms with Gasteiger partial charge in [-0.2, -0.15) is 0 Å². The summed E-state index contributed by atoms with van der Waals surface area (Å²) in [5.41, 5.74) is 2.75. The molecule has 0 aliphatic heterocycles. The van der Waals surface area contributed by atoms with Crippen LogP contribution in [0.4, 0.5) is 0 Å². The molecule has 0 unspecified atom stereocenters. The molecule has 35 heavy (non-hydrogen) atoms. The second-order valence-corrected chi connectivity index (χ2v) is 20.4. The SMILES string of the molecule is CC(C)C/C=C\[C@@H](C)[C@H]1CC[C@H]2[C@@H]3CC=C4C[C@H](O[Si](C)(C)C(C)(C)C)CC[C@]4(C)[C@H]3CC[C@]12C. The summed E-state index contributed by atoms with van der Waals surface area (Å²) < 4.78 is 6.94. The van der Waals surface area contributed by atoms with Crippen molar-refractivity contribution < 1.29 is 4.43 Å². The molecule has 4 aliphatic rings. The van der Waals surface area contributed by atoms with E-state index in [0.717, 1.165) is 35.5 Å². The monoisotopic (exact) mass is 498 g/mol. The van der Waals surface area contributed by atoms with Crippen molar-refractivity contribution in [1.29, 1.82) is 0 Å². The van der Waals surface area contributed by atoms with Crippen molar-refractivity contribution >= 4 is 8.32 Å². The Morgan fingerprint density at radius 2 is 1.74 bits per heavy atom. The van der Waals surface area contributed by atoms with Crippen LogP contribution in [-0.4, -0.2) is 14.4 Å². The third-order valence-electron chi connectivity index (χ3n) is 12.1. The number of rotatable bonds is 6. The van der Waals surface area contributed by atoms with E-state index in [-0.39, 0.29) is 0 Å². The van der Waals surface area contributed by atoms with Crippen molar-refractivity contribution in [2.24, 2.45) is 46.3 Å². The normalized spacial score (nSPS) is 40.9. The number of fused-ring (bicyclic) bond motifs is 5. The van der Waals surface area contributed by atoms with Crippen LogP contribution < -0.4 is 0 Å². The van der Waals surface area contributed by atoms with Gasteiger partial charge in [-0.05, 0) is 122 Å². The zero-order chi connectivity index (χ0) is 25.8. The van der Waals surface area contributed by atoms with Crippen molar-refractivity contribution in [1.82, 2.24) is 0 Å². The Morgan fingerprint density at radius 1 is 1.03 bits per heavy atom. The van der Waals surface area contributed by atoms with Gasteiger partial charge in [-0.3, -0.25) is 0 Å². The molecule has 3 fully saturated rings. The number of allylic oxidation sites excluding steroid dienone is 3. The summed E-state index contributed by atoms with van der Waals surface area (Å²) in [7, 11) is -1.70. The molecule has 0 amide bonds. The molecule has 200 valence electrons. The zero-order valence-electron chi connectivity index (χ0n) is 25.0. The minimum atomic E-state index is -1.70. The third kappa shape index (κ3) is 5.06. The first-order valence-corrected chi connectivity index (χ1v) is 18.1. The fourth-order valence-electron chi connectivity index (χ4n) is 8.93. The highest BCUT2D eigenvalue weighted by atomic mass is 28.4. The van der Waals surface area contributed by atoms with Crippen LogP contribution in [0.5, 0.6) is 0 Å². The van der Waals surface area contributed by atoms with Crippen molar-refractivity contribution in [2.75, 3.05) is 0 Å². The van der Waals surface area contributed by atoms with Gasteiger partial charge in [-0.1, -0.05) is 79.2 Å². The largest absolute Gasteiger partial charge is 0.414 e. The van der Waals surface area contributed by atoms with Crippen LogP contribution in [-0.2, 0) is 4.43 Å². The molecular formula is C33H58OSi. The Hall–Kier alpha value is -0.343. The Kier molecular flexibility index (Phi) is 7.72. The van der Waals surface area contributed by atoms with Crippen LogP contribution in [0.1, 0.15) is 113 Å². The van der Waals surface area contributed by atoms with E-state index in [0.29, 0.717) is 22.0 Å². The van der Waals surface area contributed by atoms with Gasteiger partial charge in [-0.15, -0.1) is 0 Å². The van der Waals surface area contributed by atoms with Crippen molar-refractivity contribution in [2.45, 2.75) is 137 Å². The molecule has 0 saturated heterocycles. The lowest BCUT2D eigenvalue weighted by molar-refractivity contribution is -0.0532. The minimum absolute atomic E-state index is 0.299. The van der Waals surface area contributed by atoms with E-state index in [9.17, 15) is 0 Å². The van der Waals surface area contributed by atoms with E-state index >= 15 is 0 Å². The molecule has 0 spiro atoms. The van der Waals surface area contributed by atoms with Crippen LogP contribution >= 0.6 is 0 Å². The van der Waals surface area contributed by atoms with E-state index in [4.69, 9.17) is 4.43 Å². The van der Waals surface area contributed by atoms with Crippen molar-refractivity contribution in [3.05, 3.63) is 23.8 Å². The predicted molar refractivity (Wildman–Crippen MR) is 155 cm³/mol. The second kappa shape index (κ2) is 9.76. The van der Waals surface area contributed by atoms with Crippen LogP contribution in [0.15, 0.2) is 23.8 Å². The zero-order valence-corrected chi connectivity index (χ0v) is 26.0. The Balaban J connectivity index is 1.48. The summed E-state index contributed by atoms with van der Waals surface area (Å²) in [5.74, 6) is 5.13. The summed E-state index contributed by atoms with van der Waals surface area (Å²) in [6.07, 6.45) is 20.5. The molecule has 3 saturated carbocycles. The summed E-state index contributed by atoms with van der Waals surface area (Å²) in [5, 5.41) is 0.299. The third-order valence-corrected chi connectivity index (χ3v) is 16.6. The molecule has 1 nitrogen and oxygen atoms in total. The van der Waals surface area contributed by atoms with E-state index < -0.39 is 8.32 Å². The molecule has 0 aromatic rings. The standard InChI is InChI=1S/C33H58OSi/c1-23(2)12-11-13-24(3)28-16-17-29-27-15-14-25-22-26(34-35(9,10)31(4,5)6)18-20-32(25,7)30(27)19-21-33(28,29)8/h11,13-14,23-24,26-30H,12,15-22H2,1-10H3/b13-11-/t24-,26-,27+,28-,29+,30+,32+,33-/m1/s1. The maximum Gasteiger partial charge on any atom is 0.192 e. The van der Waals surface area contributed by atoms with Gasteiger partial charge in [0, 0.05) is 6.10 Å². The quantitative estimate of drug-likeness (QED) is 0.261. The first kappa shape index (κ1) is 27.7. The molecule has 2 heteroatoms. The fraction of sp³-hybridized carbons (Fsp3) is 0.879. The van der Waals surface area contributed by atoms with E-state index in [2.05, 4.69) is 86.7 Å². The van der Waals surface area contributed by atoms with E-state index in [1.165, 1.54) is 57.8 Å². The van der Waals surface area contributed by atoms with Crippen molar-refractivity contribution in [3.63, 3.8) is 0 Å². The molecule has 4 aliphatic carbocycles. The highest BCUT2D eigenvalue weighted by Crippen LogP contribution is 2.67. The molecule has 8 atom stereocenters. The van der Waals surface area contributed by atoms with Crippen LogP contribution in [0.3, 0.4) is 0 Å². The second-order valence-electron chi connectivity index (χ2n) is 15.6. The van der Waals surface area contributed by atoms with Crippen LogP contribution in [0, 0.1) is 46.3 Å². The molecule has 0 heterocycles. The Bertz CT molecular complexity index is 815. The number of hydrogen-bond acceptors (Lipinski definition) is 1. The smallest absolute Gasteiger partial charge is 0.192 e. The summed E-state index contributed by atoms with van der Waals surface area (Å²) in [6.45, 7) is 24.6. The highest BCUT2D eigenvalue weighted by Gasteiger charge is 2.59. The lowest BCUT2D eigenvalue weighted by Crippen LogP contribution is -2.52. The fourth-order valence-corrected chi connectivity index (χ4v) is 10.3. The summed E-state index contributed by atoms with van der Waals surface area (Å²) in [6, 6.07) is 0. The van der Waals surface area contributed by atoms with Gasteiger partial charge in [0.25, 0.3) is 0 Å². The van der Waals surface area contributed by atoms with Gasteiger partial charge >= 0.3 is 0 Å². The summed E-state index contributed by atoms with van der Waals surface area (Å²) >= 11 is 0. The van der Waals surface area contributed by atoms with Gasteiger partial charge in [0.15, 0.2) is 8.32 Å². The van der Waals surface area contributed by atoms with Gasteiger partial charge in [0.1, 0.15) is 0 Å². The molecule has 0 radical (unpaired) electrons. The minimum Gasteiger partial charge on any atom is -0.414 e. The molecular weight excluding hydrogens is 440 g/mol. The maximum atomic E-state index is 6.94. The molecule has 0 aromatic carbocycles. The van der Waals surface area contributed by atoms with Crippen molar-refractivity contribution in [3.8, 4) is 0 Å². The van der Waals surface area contributed by atoms with Crippen LogP contribution in [0.2, 0.25) is 18.1 Å². The van der Waals surface area contributed by atoms with Gasteiger partial charge in [0.2, 0.25) is 0 Å². The van der Waals surface area contributed by atoms with E-state index in [1.54, 1.807) is 5.57 Å². The van der Waals surface area contributed by atoms with E-state index in [1.807, 2.05) is 0 Å². The van der Waals surface area contributed by atoms with Crippen LogP contribution in [0.25, 0.3) is 0 Å². The molecule has 4 rings (SSSR count). The predicted octanol–water partition coefficient (Wildman–Crippen LogP) is 10.2. The first-order valence-electron chi connectivity index (χ1n) is 15.2. The maximum absolute atomic E-state index is 6.94. The van der Waals surface area contributed by atoms with Gasteiger partial charge in [-0.25, -0.2) is 0 Å². The van der Waals surface area contributed by atoms with Gasteiger partial charge in [0.05, 0.1) is 0 Å². The molecule has 0 bridgehead atoms. The Labute approximate surface area is 220 Å². The topological polar surface area (TPSA) is 9.23 Å². The first-order chi connectivity index (χ1) is 16.2. The average Bonchev–Trinajstić information content (AvgIpc) is 3.10. The lowest BCUT2D eigenvalue weighted by atomic mass is 9.47. The highest BCUT2D eigenvalue weighted by molar-refractivity contribution is 6.74. The molecule has 0 N–H and O–H groups in total. The lowest BCUT2D eigenvalue weighted by Gasteiger charge is -2.59.